The molecule has 0 radical (unpaired) electrons. The van der Waals surface area contributed by atoms with Crippen molar-refractivity contribution in [3.8, 4) is 0 Å². The van der Waals surface area contributed by atoms with Crippen molar-refractivity contribution in [1.82, 2.24) is 24.6 Å². The van der Waals surface area contributed by atoms with Gasteiger partial charge in [0.2, 0.25) is 0 Å². The third-order valence-corrected chi connectivity index (χ3v) is 7.74. The molecule has 0 saturated carbocycles. The molecule has 41 heavy (non-hydrogen) atoms. The van der Waals surface area contributed by atoms with Gasteiger partial charge in [-0.3, -0.25) is 14.3 Å². The lowest BCUT2D eigenvalue weighted by Gasteiger charge is -2.32. The standard InChI is InChI=1S/C29H28BrF3N6O2/c1-17-26(35-27(40)23-15-25(29(31,32)33)34-24-9-8-21(30)14-22(23)24)18(2)39(36-17)16-19-4-6-20(7-5-19)28(41)38-12-10-37(3)11-13-38/h4-9,14-15H,10-13,16H2,1-3H3,(H,35,40). The van der Waals surface area contributed by atoms with Crippen LogP contribution >= 0.6 is 15.9 Å². The number of hydrogen-bond acceptors (Lipinski definition) is 5. The van der Waals surface area contributed by atoms with Gasteiger partial charge in [-0.1, -0.05) is 28.1 Å². The molecule has 4 aromatic rings. The molecule has 2 amide bonds. The summed E-state index contributed by atoms with van der Waals surface area (Å²) in [4.78, 5) is 33.9. The number of amides is 2. The Morgan fingerprint density at radius 3 is 2.34 bits per heavy atom. The lowest BCUT2D eigenvalue weighted by atomic mass is 10.1. The minimum Gasteiger partial charge on any atom is -0.336 e. The molecule has 0 atom stereocenters. The highest BCUT2D eigenvalue weighted by atomic mass is 79.9. The van der Waals surface area contributed by atoms with Crippen LogP contribution in [0.4, 0.5) is 18.9 Å². The lowest BCUT2D eigenvalue weighted by molar-refractivity contribution is -0.141. The van der Waals surface area contributed by atoms with E-state index in [4.69, 9.17) is 0 Å². The molecular formula is C29H28BrF3N6O2. The average Bonchev–Trinajstić information content (AvgIpc) is 3.19. The van der Waals surface area contributed by atoms with E-state index in [1.54, 1.807) is 42.8 Å². The number of alkyl halides is 3. The van der Waals surface area contributed by atoms with Crippen molar-refractivity contribution in [1.29, 1.82) is 0 Å². The molecular weight excluding hydrogens is 601 g/mol. The second-order valence-electron chi connectivity index (χ2n) is 10.2. The van der Waals surface area contributed by atoms with Crippen LogP contribution in [0.15, 0.2) is 53.0 Å². The molecule has 1 aliphatic heterocycles. The number of anilines is 1. The van der Waals surface area contributed by atoms with Gasteiger partial charge < -0.3 is 15.1 Å². The number of likely N-dealkylation sites (N-methyl/N-ethyl adjacent to an activating group) is 1. The van der Waals surface area contributed by atoms with Crippen molar-refractivity contribution in [2.24, 2.45) is 0 Å². The van der Waals surface area contributed by atoms with Crippen molar-refractivity contribution in [2.45, 2.75) is 26.6 Å². The normalized spacial score (nSPS) is 14.5. The summed E-state index contributed by atoms with van der Waals surface area (Å²) >= 11 is 3.32. The minimum atomic E-state index is -4.71. The van der Waals surface area contributed by atoms with Gasteiger partial charge in [-0.2, -0.15) is 18.3 Å². The molecule has 1 fully saturated rings. The predicted molar refractivity (Wildman–Crippen MR) is 153 cm³/mol. The van der Waals surface area contributed by atoms with Crippen LogP contribution in [0.25, 0.3) is 10.9 Å². The largest absolute Gasteiger partial charge is 0.433 e. The fourth-order valence-corrected chi connectivity index (χ4v) is 5.22. The molecule has 214 valence electrons. The van der Waals surface area contributed by atoms with Crippen molar-refractivity contribution in [2.75, 3.05) is 38.5 Å². The zero-order valence-corrected chi connectivity index (χ0v) is 24.3. The SMILES string of the molecule is Cc1nn(Cc2ccc(C(=O)N3CCN(C)CC3)cc2)c(C)c1NC(=O)c1cc(C(F)(F)F)nc2ccc(Br)cc12. The van der Waals surface area contributed by atoms with E-state index in [1.807, 2.05) is 24.1 Å². The molecule has 3 heterocycles. The van der Waals surface area contributed by atoms with Crippen molar-refractivity contribution in [3.05, 3.63) is 86.8 Å². The van der Waals surface area contributed by atoms with Crippen LogP contribution in [0.2, 0.25) is 0 Å². The van der Waals surface area contributed by atoms with Crippen molar-refractivity contribution >= 4 is 44.3 Å². The van der Waals surface area contributed by atoms with Gasteiger partial charge in [-0.15, -0.1) is 0 Å². The summed E-state index contributed by atoms with van der Waals surface area (Å²) < 4.78 is 42.9. The van der Waals surface area contributed by atoms with E-state index < -0.39 is 17.8 Å². The Morgan fingerprint density at radius 2 is 1.68 bits per heavy atom. The number of aryl methyl sites for hydroxylation is 1. The fraction of sp³-hybridized carbons (Fsp3) is 0.310. The summed E-state index contributed by atoms with van der Waals surface area (Å²) in [7, 11) is 2.04. The Labute approximate surface area is 243 Å². The predicted octanol–water partition coefficient (Wildman–Crippen LogP) is 5.52. The first-order valence-corrected chi connectivity index (χ1v) is 13.8. The van der Waals surface area contributed by atoms with Crippen LogP contribution in [0.3, 0.4) is 0 Å². The smallest absolute Gasteiger partial charge is 0.336 e. The fourth-order valence-electron chi connectivity index (χ4n) is 4.86. The average molecular weight is 629 g/mol. The minimum absolute atomic E-state index is 0.00473. The van der Waals surface area contributed by atoms with Gasteiger partial charge in [0, 0.05) is 41.6 Å². The van der Waals surface area contributed by atoms with Gasteiger partial charge in [0.05, 0.1) is 34.7 Å². The highest BCUT2D eigenvalue weighted by Crippen LogP contribution is 2.33. The maximum Gasteiger partial charge on any atom is 0.433 e. The van der Waals surface area contributed by atoms with Crippen molar-refractivity contribution < 1.29 is 22.8 Å². The Kier molecular flexibility index (Phi) is 7.89. The number of halogens is 4. The van der Waals surface area contributed by atoms with E-state index in [9.17, 15) is 22.8 Å². The molecule has 1 aliphatic rings. The lowest BCUT2D eigenvalue weighted by Crippen LogP contribution is -2.47. The number of aromatic nitrogens is 3. The van der Waals surface area contributed by atoms with E-state index in [-0.39, 0.29) is 17.0 Å². The number of benzene rings is 2. The summed E-state index contributed by atoms with van der Waals surface area (Å²) in [6.07, 6.45) is -4.71. The Hall–Kier alpha value is -3.77. The molecule has 1 saturated heterocycles. The first-order valence-electron chi connectivity index (χ1n) is 13.0. The Morgan fingerprint density at radius 1 is 1.00 bits per heavy atom. The van der Waals surface area contributed by atoms with E-state index >= 15 is 0 Å². The highest BCUT2D eigenvalue weighted by Gasteiger charge is 2.34. The van der Waals surface area contributed by atoms with Gasteiger partial charge in [0.15, 0.2) is 0 Å². The zero-order valence-electron chi connectivity index (χ0n) is 22.7. The number of fused-ring (bicyclic) bond motifs is 1. The molecule has 8 nitrogen and oxygen atoms in total. The summed E-state index contributed by atoms with van der Waals surface area (Å²) in [5, 5.41) is 7.60. The number of rotatable bonds is 5. The van der Waals surface area contributed by atoms with Gasteiger partial charge in [0.25, 0.3) is 11.8 Å². The molecule has 2 aromatic carbocycles. The number of carbonyl (C=O) groups is 2. The molecule has 0 spiro atoms. The van der Waals surface area contributed by atoms with Crippen LogP contribution in [0.1, 0.15) is 43.4 Å². The van der Waals surface area contributed by atoms with Crippen LogP contribution in [0, 0.1) is 13.8 Å². The first-order chi connectivity index (χ1) is 19.4. The van der Waals surface area contributed by atoms with E-state index in [2.05, 4.69) is 36.2 Å². The molecule has 0 bridgehead atoms. The van der Waals surface area contributed by atoms with Crippen LogP contribution < -0.4 is 5.32 Å². The van der Waals surface area contributed by atoms with Gasteiger partial charge in [-0.25, -0.2) is 4.98 Å². The molecule has 1 N–H and O–H groups in total. The molecule has 12 heteroatoms. The van der Waals surface area contributed by atoms with Crippen LogP contribution in [0.5, 0.6) is 0 Å². The topological polar surface area (TPSA) is 83.4 Å². The van der Waals surface area contributed by atoms with E-state index in [0.717, 1.165) is 24.7 Å². The summed E-state index contributed by atoms with van der Waals surface area (Å²) in [5.74, 6) is -0.691. The maximum absolute atomic E-state index is 13.5. The van der Waals surface area contributed by atoms with Crippen LogP contribution in [-0.2, 0) is 12.7 Å². The number of piperazine rings is 1. The number of nitrogens with zero attached hydrogens (tertiary/aromatic N) is 5. The number of hydrogen-bond donors (Lipinski definition) is 1. The van der Waals surface area contributed by atoms with Gasteiger partial charge in [-0.05, 0) is 62.9 Å². The Bertz CT molecular complexity index is 1630. The number of carbonyl (C=O) groups excluding carboxylic acids is 2. The zero-order chi connectivity index (χ0) is 29.5. The second kappa shape index (κ2) is 11.2. The summed E-state index contributed by atoms with van der Waals surface area (Å²) in [6, 6.07) is 12.7. The third-order valence-electron chi connectivity index (χ3n) is 7.25. The van der Waals surface area contributed by atoms with E-state index in [0.29, 0.717) is 52.1 Å². The highest BCUT2D eigenvalue weighted by molar-refractivity contribution is 9.10. The quantitative estimate of drug-likeness (QED) is 0.315. The molecule has 5 rings (SSSR count). The van der Waals surface area contributed by atoms with E-state index in [1.165, 1.54) is 6.07 Å². The number of pyridine rings is 1. The number of nitrogens with one attached hydrogen (secondary N) is 1. The monoisotopic (exact) mass is 628 g/mol. The van der Waals surface area contributed by atoms with Crippen molar-refractivity contribution in [3.63, 3.8) is 0 Å². The van der Waals surface area contributed by atoms with Crippen LogP contribution in [-0.4, -0.2) is 69.6 Å². The molecule has 2 aromatic heterocycles. The van der Waals surface area contributed by atoms with Gasteiger partial charge in [0.1, 0.15) is 5.69 Å². The maximum atomic E-state index is 13.5. The van der Waals surface area contributed by atoms with Gasteiger partial charge >= 0.3 is 6.18 Å². The Balaban J connectivity index is 1.36. The summed E-state index contributed by atoms with van der Waals surface area (Å²) in [5.41, 5.74) is 1.89. The first kappa shape index (κ1) is 28.7. The summed E-state index contributed by atoms with van der Waals surface area (Å²) in [6.45, 7) is 6.97. The second-order valence-corrected chi connectivity index (χ2v) is 11.1. The molecule has 0 unspecified atom stereocenters. The third kappa shape index (κ3) is 6.13. The molecule has 0 aliphatic carbocycles.